The second-order valence-corrected chi connectivity index (χ2v) is 3.51. The van der Waals surface area contributed by atoms with Crippen molar-refractivity contribution in [2.24, 2.45) is 0 Å². The Morgan fingerprint density at radius 3 is 1.93 bits per heavy atom. The number of alkyl halides is 1. The highest BCUT2D eigenvalue weighted by Crippen LogP contribution is 1.93. The van der Waals surface area contributed by atoms with Gasteiger partial charge in [-0.3, -0.25) is 0 Å². The number of rotatable bonds is 10. The molecule has 0 aromatic rings. The van der Waals surface area contributed by atoms with Gasteiger partial charge in [0.25, 0.3) is 0 Å². The van der Waals surface area contributed by atoms with E-state index in [0.29, 0.717) is 33.0 Å². The minimum absolute atomic E-state index is 0.0340. The lowest BCUT2D eigenvalue weighted by Crippen LogP contribution is -2.13. The summed E-state index contributed by atoms with van der Waals surface area (Å²) in [6.45, 7) is 2.51. The van der Waals surface area contributed by atoms with Crippen molar-refractivity contribution in [1.29, 1.82) is 0 Å². The zero-order valence-corrected chi connectivity index (χ0v) is 9.61. The predicted molar refractivity (Wildman–Crippen MR) is 54.5 cm³/mol. The second-order valence-electron chi connectivity index (χ2n) is 2.46. The molecule has 0 bridgehead atoms. The van der Waals surface area contributed by atoms with Crippen molar-refractivity contribution in [2.75, 3.05) is 46.2 Å². The summed E-state index contributed by atoms with van der Waals surface area (Å²) in [5, 5.41) is 16.5. The molecule has 0 aromatic carbocycles. The lowest BCUT2D eigenvalue weighted by Gasteiger charge is -2.06. The van der Waals surface area contributed by atoms with E-state index in [1.807, 2.05) is 0 Å². The van der Waals surface area contributed by atoms with Gasteiger partial charge in [0.15, 0.2) is 0 Å². The zero-order chi connectivity index (χ0) is 10.6. The maximum atomic E-state index is 8.76. The largest absolute Gasteiger partial charge is 0.394 e. The van der Waals surface area contributed by atoms with Crippen LogP contribution in [-0.2, 0) is 14.2 Å². The van der Waals surface area contributed by atoms with Gasteiger partial charge < -0.3 is 24.4 Å². The molecule has 0 saturated carbocycles. The van der Waals surface area contributed by atoms with Crippen LogP contribution in [0.1, 0.15) is 0 Å². The SMILES string of the molecule is OCCOCCOCCOCC(O)Br. The molecule has 0 heterocycles. The molecule has 0 aromatic heterocycles. The molecule has 0 saturated heterocycles. The topological polar surface area (TPSA) is 68.2 Å². The molecule has 14 heavy (non-hydrogen) atoms. The molecule has 0 amide bonds. The molecule has 0 rings (SSSR count). The fraction of sp³-hybridized carbons (Fsp3) is 1.00. The van der Waals surface area contributed by atoms with Gasteiger partial charge in [-0.2, -0.15) is 0 Å². The zero-order valence-electron chi connectivity index (χ0n) is 8.02. The monoisotopic (exact) mass is 272 g/mol. The quantitative estimate of drug-likeness (QED) is 0.424. The third kappa shape index (κ3) is 12.3. The van der Waals surface area contributed by atoms with E-state index in [1.54, 1.807) is 0 Å². The van der Waals surface area contributed by atoms with Crippen molar-refractivity contribution < 1.29 is 24.4 Å². The third-order valence-corrected chi connectivity index (χ3v) is 1.50. The molecule has 0 fully saturated rings. The average Bonchev–Trinajstić information content (AvgIpc) is 2.15. The first kappa shape index (κ1) is 14.3. The summed E-state index contributed by atoms with van der Waals surface area (Å²) in [6.07, 6.45) is 0. The Hall–Kier alpha value is 0.280. The van der Waals surface area contributed by atoms with Crippen LogP contribution < -0.4 is 0 Å². The van der Waals surface area contributed by atoms with Crippen LogP contribution in [0.3, 0.4) is 0 Å². The molecular formula is C8H17BrO5. The Balaban J connectivity index is 2.85. The van der Waals surface area contributed by atoms with Gasteiger partial charge in [-0.25, -0.2) is 0 Å². The van der Waals surface area contributed by atoms with Crippen LogP contribution in [0.2, 0.25) is 0 Å². The van der Waals surface area contributed by atoms with Crippen LogP contribution >= 0.6 is 15.9 Å². The molecular weight excluding hydrogens is 256 g/mol. The van der Waals surface area contributed by atoms with Crippen LogP contribution in [0.25, 0.3) is 0 Å². The van der Waals surface area contributed by atoms with Crippen molar-refractivity contribution in [3.8, 4) is 0 Å². The van der Waals surface area contributed by atoms with Crippen LogP contribution in [0.5, 0.6) is 0 Å². The molecule has 0 aliphatic carbocycles. The summed E-state index contributed by atoms with van der Waals surface area (Å²) in [5.41, 5.74) is 0. The number of ether oxygens (including phenoxy) is 3. The molecule has 86 valence electrons. The fourth-order valence-corrected chi connectivity index (χ4v) is 0.872. The number of halogens is 1. The van der Waals surface area contributed by atoms with Crippen LogP contribution in [0.4, 0.5) is 0 Å². The van der Waals surface area contributed by atoms with E-state index in [2.05, 4.69) is 15.9 Å². The van der Waals surface area contributed by atoms with E-state index in [1.165, 1.54) is 0 Å². The molecule has 5 nitrogen and oxygen atoms in total. The highest BCUT2D eigenvalue weighted by Gasteiger charge is 1.96. The molecule has 0 aliphatic heterocycles. The second kappa shape index (κ2) is 11.4. The van der Waals surface area contributed by atoms with Crippen LogP contribution in [0, 0.1) is 0 Å². The maximum Gasteiger partial charge on any atom is 0.132 e. The molecule has 0 aliphatic rings. The van der Waals surface area contributed by atoms with E-state index in [-0.39, 0.29) is 13.2 Å². The first-order valence-corrected chi connectivity index (χ1v) is 5.35. The fourth-order valence-electron chi connectivity index (χ4n) is 0.685. The molecule has 0 radical (unpaired) electrons. The van der Waals surface area contributed by atoms with Gasteiger partial charge in [0.1, 0.15) is 5.01 Å². The van der Waals surface area contributed by atoms with Crippen LogP contribution in [0.15, 0.2) is 0 Å². The van der Waals surface area contributed by atoms with Crippen molar-refractivity contribution in [1.82, 2.24) is 0 Å². The van der Waals surface area contributed by atoms with Crippen molar-refractivity contribution in [3.05, 3.63) is 0 Å². The van der Waals surface area contributed by atoms with Gasteiger partial charge >= 0.3 is 0 Å². The number of hydrogen-bond acceptors (Lipinski definition) is 5. The molecule has 2 N–H and O–H groups in total. The Morgan fingerprint density at radius 1 is 0.929 bits per heavy atom. The summed E-state index contributed by atoms with van der Waals surface area (Å²) >= 11 is 2.93. The summed E-state index contributed by atoms with van der Waals surface area (Å²) in [5.74, 6) is 0. The molecule has 6 heteroatoms. The van der Waals surface area contributed by atoms with Crippen LogP contribution in [-0.4, -0.2) is 61.5 Å². The minimum atomic E-state index is -0.615. The lowest BCUT2D eigenvalue weighted by atomic mass is 10.7. The highest BCUT2D eigenvalue weighted by atomic mass is 79.9. The minimum Gasteiger partial charge on any atom is -0.394 e. The normalized spacial score (nSPS) is 13.1. The van der Waals surface area contributed by atoms with E-state index >= 15 is 0 Å². The Kier molecular flexibility index (Phi) is 11.6. The molecule has 0 spiro atoms. The highest BCUT2D eigenvalue weighted by molar-refractivity contribution is 9.09. The van der Waals surface area contributed by atoms with Crippen molar-refractivity contribution >= 4 is 15.9 Å². The number of hydrogen-bond donors (Lipinski definition) is 2. The smallest absolute Gasteiger partial charge is 0.132 e. The van der Waals surface area contributed by atoms with Gasteiger partial charge in [0.2, 0.25) is 0 Å². The predicted octanol–water partition coefficient (Wildman–Crippen LogP) is -0.258. The van der Waals surface area contributed by atoms with E-state index in [4.69, 9.17) is 24.4 Å². The average molecular weight is 273 g/mol. The van der Waals surface area contributed by atoms with Gasteiger partial charge in [-0.15, -0.1) is 0 Å². The Morgan fingerprint density at radius 2 is 1.43 bits per heavy atom. The number of aliphatic hydroxyl groups excluding tert-OH is 2. The van der Waals surface area contributed by atoms with Gasteiger partial charge in [-0.05, 0) is 0 Å². The van der Waals surface area contributed by atoms with Gasteiger partial charge in [-0.1, -0.05) is 15.9 Å². The third-order valence-electron chi connectivity index (χ3n) is 1.24. The van der Waals surface area contributed by atoms with Crippen molar-refractivity contribution in [2.45, 2.75) is 5.01 Å². The summed E-state index contributed by atoms with van der Waals surface area (Å²) in [7, 11) is 0. The van der Waals surface area contributed by atoms with Crippen molar-refractivity contribution in [3.63, 3.8) is 0 Å². The van der Waals surface area contributed by atoms with Gasteiger partial charge in [0.05, 0.1) is 46.2 Å². The molecule has 1 unspecified atom stereocenters. The maximum absolute atomic E-state index is 8.76. The molecule has 1 atom stereocenters. The standard InChI is InChI=1S/C8H17BrO5/c9-8(11)7-14-6-5-13-4-3-12-2-1-10/h8,10-11H,1-7H2. The van der Waals surface area contributed by atoms with E-state index < -0.39 is 5.01 Å². The lowest BCUT2D eigenvalue weighted by molar-refractivity contribution is -0.000157. The van der Waals surface area contributed by atoms with E-state index in [0.717, 1.165) is 0 Å². The summed E-state index contributed by atoms with van der Waals surface area (Å²) in [4.78, 5) is 0. The van der Waals surface area contributed by atoms with E-state index in [9.17, 15) is 0 Å². The first-order valence-electron chi connectivity index (χ1n) is 4.43. The van der Waals surface area contributed by atoms with Gasteiger partial charge in [0, 0.05) is 0 Å². The first-order chi connectivity index (χ1) is 6.77. The Labute approximate surface area is 92.1 Å². The summed E-state index contributed by atoms with van der Waals surface area (Å²) < 4.78 is 15.1. The number of aliphatic hydroxyl groups is 2. The Bertz CT molecular complexity index is 112. The summed E-state index contributed by atoms with van der Waals surface area (Å²) in [6, 6.07) is 0.